The molecule has 1 aromatic heterocycles. The predicted octanol–water partition coefficient (Wildman–Crippen LogP) is 2.82. The van der Waals surface area contributed by atoms with Gasteiger partial charge in [0.1, 0.15) is 17.3 Å². The number of furan rings is 1. The third kappa shape index (κ3) is 5.66. The second-order valence-corrected chi connectivity index (χ2v) is 4.21. The highest BCUT2D eigenvalue weighted by Gasteiger charge is 2.07. The van der Waals surface area contributed by atoms with Crippen LogP contribution < -0.4 is 0 Å². The fourth-order valence-electron chi connectivity index (χ4n) is 1.67. The number of carbonyl (C=O) groups excluding carboxylic acids is 2. The van der Waals surface area contributed by atoms with Gasteiger partial charge < -0.3 is 9.15 Å². The maximum absolute atomic E-state index is 11.6. The van der Waals surface area contributed by atoms with Crippen molar-refractivity contribution in [2.45, 2.75) is 46.0 Å². The van der Waals surface area contributed by atoms with Crippen LogP contribution in [0.4, 0.5) is 0 Å². The van der Waals surface area contributed by atoms with E-state index < -0.39 is 0 Å². The van der Waals surface area contributed by atoms with Crippen LogP contribution in [-0.2, 0) is 20.7 Å². The van der Waals surface area contributed by atoms with Crippen molar-refractivity contribution in [2.24, 2.45) is 0 Å². The first-order valence-electron chi connectivity index (χ1n) is 6.34. The lowest BCUT2D eigenvalue weighted by atomic mass is 10.1. The Labute approximate surface area is 107 Å². The van der Waals surface area contributed by atoms with Gasteiger partial charge in [0, 0.05) is 25.7 Å². The van der Waals surface area contributed by atoms with Crippen molar-refractivity contribution in [3.05, 3.63) is 23.7 Å². The van der Waals surface area contributed by atoms with Crippen LogP contribution in [0.2, 0.25) is 0 Å². The minimum atomic E-state index is -0.230. The fourth-order valence-corrected chi connectivity index (χ4v) is 1.67. The summed E-state index contributed by atoms with van der Waals surface area (Å²) in [5, 5.41) is 0. The van der Waals surface area contributed by atoms with Crippen molar-refractivity contribution in [3.8, 4) is 0 Å². The molecule has 18 heavy (non-hydrogen) atoms. The van der Waals surface area contributed by atoms with Gasteiger partial charge in [-0.3, -0.25) is 9.59 Å². The van der Waals surface area contributed by atoms with E-state index in [0.717, 1.165) is 11.5 Å². The summed E-state index contributed by atoms with van der Waals surface area (Å²) in [6, 6.07) is 3.78. The number of hydrogen-bond donors (Lipinski definition) is 0. The molecule has 0 aliphatic heterocycles. The Morgan fingerprint density at radius 1 is 1.22 bits per heavy atom. The number of ketones is 1. The Balaban J connectivity index is 2.12. The smallest absolute Gasteiger partial charge is 0.305 e. The molecule has 0 N–H and O–H groups in total. The van der Waals surface area contributed by atoms with Crippen LogP contribution in [-0.4, -0.2) is 18.4 Å². The summed E-state index contributed by atoms with van der Waals surface area (Å²) in [4.78, 5) is 22.6. The molecule has 1 rings (SSSR count). The van der Waals surface area contributed by atoms with E-state index in [-0.39, 0.29) is 11.8 Å². The highest BCUT2D eigenvalue weighted by Crippen LogP contribution is 2.10. The van der Waals surface area contributed by atoms with Gasteiger partial charge in [0.25, 0.3) is 0 Å². The number of esters is 1. The van der Waals surface area contributed by atoms with E-state index >= 15 is 0 Å². The molecule has 0 aliphatic carbocycles. The van der Waals surface area contributed by atoms with Crippen molar-refractivity contribution >= 4 is 11.8 Å². The summed E-state index contributed by atoms with van der Waals surface area (Å²) < 4.78 is 10.2. The van der Waals surface area contributed by atoms with Gasteiger partial charge in [-0.05, 0) is 32.4 Å². The molecule has 0 radical (unpaired) electrons. The third-order valence-corrected chi connectivity index (χ3v) is 2.59. The Morgan fingerprint density at radius 2 is 2.00 bits per heavy atom. The molecule has 0 saturated carbocycles. The van der Waals surface area contributed by atoms with E-state index in [4.69, 9.17) is 9.15 Å². The first-order chi connectivity index (χ1) is 8.61. The molecule has 0 bridgehead atoms. The number of hydrogen-bond acceptors (Lipinski definition) is 4. The van der Waals surface area contributed by atoms with E-state index in [1.165, 1.54) is 0 Å². The molecular formula is C14H20O4. The fraction of sp³-hybridized carbons (Fsp3) is 0.571. The second kappa shape index (κ2) is 7.69. The molecule has 0 spiro atoms. The summed E-state index contributed by atoms with van der Waals surface area (Å²) in [6.07, 6.45) is 2.41. The van der Waals surface area contributed by atoms with Gasteiger partial charge in [0.05, 0.1) is 6.61 Å². The number of Topliss-reactive ketones (excluding diaryl/α,β-unsaturated/α-hetero) is 1. The van der Waals surface area contributed by atoms with Crippen LogP contribution in [0.3, 0.4) is 0 Å². The first kappa shape index (κ1) is 14.5. The van der Waals surface area contributed by atoms with Crippen molar-refractivity contribution in [2.75, 3.05) is 6.61 Å². The number of ether oxygens (including phenoxy) is 1. The van der Waals surface area contributed by atoms with Gasteiger partial charge in [0.15, 0.2) is 0 Å². The molecule has 100 valence electrons. The zero-order valence-corrected chi connectivity index (χ0v) is 11.0. The quantitative estimate of drug-likeness (QED) is 0.667. The average molecular weight is 252 g/mol. The van der Waals surface area contributed by atoms with Gasteiger partial charge >= 0.3 is 5.97 Å². The maximum Gasteiger partial charge on any atom is 0.305 e. The van der Waals surface area contributed by atoms with Crippen LogP contribution in [0, 0.1) is 6.92 Å². The normalized spacial score (nSPS) is 10.3. The van der Waals surface area contributed by atoms with E-state index in [1.54, 1.807) is 6.92 Å². The monoisotopic (exact) mass is 252 g/mol. The van der Waals surface area contributed by atoms with Gasteiger partial charge in [-0.15, -0.1) is 0 Å². The molecule has 4 nitrogen and oxygen atoms in total. The minimum absolute atomic E-state index is 0.161. The molecular weight excluding hydrogens is 232 g/mol. The summed E-state index contributed by atoms with van der Waals surface area (Å²) in [6.45, 7) is 4.05. The molecule has 0 saturated heterocycles. The molecule has 0 amide bonds. The van der Waals surface area contributed by atoms with Crippen LogP contribution in [0.5, 0.6) is 0 Å². The second-order valence-electron chi connectivity index (χ2n) is 4.21. The Bertz CT molecular complexity index is 392. The van der Waals surface area contributed by atoms with Crippen molar-refractivity contribution in [3.63, 3.8) is 0 Å². The highest BCUT2D eigenvalue weighted by molar-refractivity contribution is 5.79. The summed E-state index contributed by atoms with van der Waals surface area (Å²) >= 11 is 0. The maximum atomic E-state index is 11.6. The zero-order valence-electron chi connectivity index (χ0n) is 11.0. The first-order valence-corrected chi connectivity index (χ1v) is 6.34. The van der Waals surface area contributed by atoms with Crippen LogP contribution in [0.1, 0.15) is 44.1 Å². The lowest BCUT2D eigenvalue weighted by Crippen LogP contribution is -2.06. The zero-order chi connectivity index (χ0) is 13.4. The Morgan fingerprint density at radius 3 is 2.61 bits per heavy atom. The standard InChI is InChI=1S/C14H20O4/c1-3-17-14(16)6-4-5-12(15)8-10-13-9-7-11(2)18-13/h7,9H,3-6,8,10H2,1-2H3. The number of aryl methyl sites for hydroxylation is 2. The molecule has 0 aromatic carbocycles. The molecule has 0 aliphatic rings. The summed E-state index contributed by atoms with van der Waals surface area (Å²) in [5.41, 5.74) is 0. The average Bonchev–Trinajstić information content (AvgIpc) is 2.73. The Kier molecular flexibility index (Phi) is 6.19. The molecule has 4 heteroatoms. The van der Waals surface area contributed by atoms with E-state index in [1.807, 2.05) is 19.1 Å². The van der Waals surface area contributed by atoms with Crippen LogP contribution in [0.15, 0.2) is 16.5 Å². The van der Waals surface area contributed by atoms with Gasteiger partial charge in [0.2, 0.25) is 0 Å². The topological polar surface area (TPSA) is 56.5 Å². The molecule has 0 unspecified atom stereocenters. The molecule has 1 heterocycles. The van der Waals surface area contributed by atoms with Crippen molar-refractivity contribution < 1.29 is 18.7 Å². The SMILES string of the molecule is CCOC(=O)CCCC(=O)CCc1ccc(C)o1. The van der Waals surface area contributed by atoms with E-state index in [9.17, 15) is 9.59 Å². The largest absolute Gasteiger partial charge is 0.466 e. The van der Waals surface area contributed by atoms with Crippen molar-refractivity contribution in [1.82, 2.24) is 0 Å². The Hall–Kier alpha value is -1.58. The molecule has 0 fully saturated rings. The number of rotatable bonds is 8. The van der Waals surface area contributed by atoms with Crippen LogP contribution >= 0.6 is 0 Å². The van der Waals surface area contributed by atoms with E-state index in [0.29, 0.717) is 38.7 Å². The lowest BCUT2D eigenvalue weighted by Gasteiger charge is -2.01. The predicted molar refractivity (Wildman–Crippen MR) is 67.3 cm³/mol. The highest BCUT2D eigenvalue weighted by atomic mass is 16.5. The molecule has 0 atom stereocenters. The summed E-state index contributed by atoms with van der Waals surface area (Å²) in [7, 11) is 0. The molecule has 1 aromatic rings. The minimum Gasteiger partial charge on any atom is -0.466 e. The van der Waals surface area contributed by atoms with Gasteiger partial charge in [-0.2, -0.15) is 0 Å². The van der Waals surface area contributed by atoms with Crippen LogP contribution in [0.25, 0.3) is 0 Å². The third-order valence-electron chi connectivity index (χ3n) is 2.59. The number of carbonyl (C=O) groups is 2. The summed E-state index contributed by atoms with van der Waals surface area (Å²) in [5.74, 6) is 1.63. The lowest BCUT2D eigenvalue weighted by molar-refractivity contribution is -0.143. The van der Waals surface area contributed by atoms with Crippen molar-refractivity contribution in [1.29, 1.82) is 0 Å². The van der Waals surface area contributed by atoms with E-state index in [2.05, 4.69) is 0 Å². The van der Waals surface area contributed by atoms with Gasteiger partial charge in [-0.25, -0.2) is 0 Å². The van der Waals surface area contributed by atoms with Gasteiger partial charge in [-0.1, -0.05) is 0 Å².